The van der Waals surface area contributed by atoms with Crippen LogP contribution in [0, 0.1) is 0 Å². The maximum Gasteiger partial charge on any atom is 0.0541 e. The largest absolute Gasteiger partial charge is 0.309 e. The minimum absolute atomic E-state index is 0.444. The van der Waals surface area contributed by atoms with Crippen LogP contribution in [0.1, 0.15) is 48.6 Å². The van der Waals surface area contributed by atoms with E-state index in [1.165, 1.54) is 60.6 Å². The van der Waals surface area contributed by atoms with Crippen molar-refractivity contribution >= 4 is 39.9 Å². The molecule has 0 spiro atoms. The number of hydrogen-bond donors (Lipinski definition) is 0. The molecule has 1 heterocycles. The number of aromatic nitrogens is 1. The normalized spacial score (nSPS) is 14.6. The quantitative estimate of drug-likeness (QED) is 0.210. The van der Waals surface area contributed by atoms with Gasteiger partial charge in [0.1, 0.15) is 0 Å². The van der Waals surface area contributed by atoms with Crippen LogP contribution in [0.4, 0.5) is 0 Å². The van der Waals surface area contributed by atoms with Gasteiger partial charge in [0.15, 0.2) is 0 Å². The van der Waals surface area contributed by atoms with Crippen molar-refractivity contribution in [2.45, 2.75) is 26.2 Å². The van der Waals surface area contributed by atoms with E-state index in [1.54, 1.807) is 0 Å². The Hall–Kier alpha value is -4.88. The highest BCUT2D eigenvalue weighted by molar-refractivity contribution is 6.10. The van der Waals surface area contributed by atoms with Crippen molar-refractivity contribution in [3.05, 3.63) is 144 Å². The molecule has 0 bridgehead atoms. The number of hydrogen-bond acceptors (Lipinski definition) is 0. The second kappa shape index (κ2) is 10.3. The Morgan fingerprint density at radius 1 is 0.732 bits per heavy atom. The predicted molar refractivity (Wildman–Crippen MR) is 179 cm³/mol. The van der Waals surface area contributed by atoms with Gasteiger partial charge in [-0.2, -0.15) is 0 Å². The van der Waals surface area contributed by atoms with Crippen LogP contribution in [-0.2, 0) is 0 Å². The average Bonchev–Trinajstić information content (AvgIpc) is 3.33. The maximum atomic E-state index is 4.14. The summed E-state index contributed by atoms with van der Waals surface area (Å²) in [6, 6.07) is 37.6. The SMILES string of the molecule is C=Cc1c(/C=C\C)n(-c2ccc(-c3c4c(c(-c5ccccc5)c5ccccc35)C(C)CC=C4)cc2)c2ccccc12. The Balaban J connectivity index is 1.47. The van der Waals surface area contributed by atoms with Gasteiger partial charge in [-0.25, -0.2) is 0 Å². The topological polar surface area (TPSA) is 4.93 Å². The molecule has 0 amide bonds. The van der Waals surface area contributed by atoms with Gasteiger partial charge in [-0.15, -0.1) is 0 Å². The second-order valence-corrected chi connectivity index (χ2v) is 10.9. The highest BCUT2D eigenvalue weighted by Gasteiger charge is 2.25. The number of para-hydroxylation sites is 1. The Bertz CT molecular complexity index is 1980. The predicted octanol–water partition coefficient (Wildman–Crippen LogP) is 11.3. The first-order chi connectivity index (χ1) is 20.2. The molecule has 1 heteroatoms. The van der Waals surface area contributed by atoms with Gasteiger partial charge in [-0.05, 0) is 87.7 Å². The monoisotopic (exact) mass is 527 g/mol. The number of nitrogens with zero attached hydrogens (tertiary/aromatic N) is 1. The summed E-state index contributed by atoms with van der Waals surface area (Å²) in [5.74, 6) is 0.444. The lowest BCUT2D eigenvalue weighted by molar-refractivity contribution is 0.775. The summed E-state index contributed by atoms with van der Waals surface area (Å²) in [6.45, 7) is 8.57. The standard InChI is InChI=1S/C40H33N/c1-4-14-36-31(5-2)32-18-11-12-22-37(32)41(36)30-25-23-29(24-26-30)39-33-19-9-10-20-34(33)40(28-16-7-6-8-17-28)38-27(3)15-13-21-35(38)39/h4-14,16-27H,2,15H2,1,3H3/b14-4-. The lowest BCUT2D eigenvalue weighted by Crippen LogP contribution is -2.06. The molecule has 0 saturated heterocycles. The first-order valence-electron chi connectivity index (χ1n) is 14.5. The van der Waals surface area contributed by atoms with Crippen LogP contribution in [0.5, 0.6) is 0 Å². The molecule has 1 aromatic heterocycles. The fraction of sp³-hybridized carbons (Fsp3) is 0.100. The lowest BCUT2D eigenvalue weighted by Gasteiger charge is -2.27. The molecule has 0 N–H and O–H groups in total. The van der Waals surface area contributed by atoms with Crippen LogP contribution < -0.4 is 0 Å². The number of fused-ring (bicyclic) bond motifs is 3. The van der Waals surface area contributed by atoms with Crippen LogP contribution in [0.15, 0.2) is 122 Å². The average molecular weight is 528 g/mol. The highest BCUT2D eigenvalue weighted by atomic mass is 15.0. The molecule has 198 valence electrons. The molecule has 1 atom stereocenters. The molecule has 1 aliphatic carbocycles. The van der Waals surface area contributed by atoms with Gasteiger partial charge in [0.05, 0.1) is 11.2 Å². The lowest BCUT2D eigenvalue weighted by atomic mass is 9.76. The zero-order valence-corrected chi connectivity index (χ0v) is 23.6. The molecule has 1 aliphatic rings. The van der Waals surface area contributed by atoms with E-state index < -0.39 is 0 Å². The fourth-order valence-corrected chi connectivity index (χ4v) is 6.77. The molecule has 5 aromatic carbocycles. The van der Waals surface area contributed by atoms with E-state index >= 15 is 0 Å². The Labute approximate surface area is 242 Å². The Morgan fingerprint density at radius 3 is 2.07 bits per heavy atom. The van der Waals surface area contributed by atoms with E-state index in [9.17, 15) is 0 Å². The first kappa shape index (κ1) is 25.1. The van der Waals surface area contributed by atoms with E-state index in [0.717, 1.165) is 17.8 Å². The summed E-state index contributed by atoms with van der Waals surface area (Å²) >= 11 is 0. The van der Waals surface area contributed by atoms with Gasteiger partial charge >= 0.3 is 0 Å². The third-order valence-corrected chi connectivity index (χ3v) is 8.52. The zero-order chi connectivity index (χ0) is 27.9. The Morgan fingerprint density at radius 2 is 1.37 bits per heavy atom. The van der Waals surface area contributed by atoms with E-state index in [-0.39, 0.29) is 0 Å². The van der Waals surface area contributed by atoms with Gasteiger partial charge in [0, 0.05) is 16.6 Å². The van der Waals surface area contributed by atoms with Crippen molar-refractivity contribution < 1.29 is 0 Å². The van der Waals surface area contributed by atoms with Crippen molar-refractivity contribution in [1.29, 1.82) is 0 Å². The number of allylic oxidation sites excluding steroid dienone is 2. The summed E-state index contributed by atoms with van der Waals surface area (Å²) in [4.78, 5) is 0. The summed E-state index contributed by atoms with van der Waals surface area (Å²) in [7, 11) is 0. The van der Waals surface area contributed by atoms with Crippen molar-refractivity contribution in [2.75, 3.05) is 0 Å². The van der Waals surface area contributed by atoms with E-state index in [4.69, 9.17) is 0 Å². The third kappa shape index (κ3) is 4.00. The van der Waals surface area contributed by atoms with Crippen LogP contribution in [0.25, 0.3) is 67.8 Å². The number of rotatable bonds is 5. The molecule has 0 radical (unpaired) electrons. The van der Waals surface area contributed by atoms with Gasteiger partial charge in [-0.1, -0.05) is 123 Å². The van der Waals surface area contributed by atoms with Gasteiger partial charge in [0.2, 0.25) is 0 Å². The zero-order valence-electron chi connectivity index (χ0n) is 23.6. The fourth-order valence-electron chi connectivity index (χ4n) is 6.77. The molecular weight excluding hydrogens is 494 g/mol. The summed E-state index contributed by atoms with van der Waals surface area (Å²) in [5.41, 5.74) is 12.7. The maximum absolute atomic E-state index is 4.14. The minimum Gasteiger partial charge on any atom is -0.309 e. The van der Waals surface area contributed by atoms with Crippen LogP contribution in [0.3, 0.4) is 0 Å². The molecule has 1 nitrogen and oxygen atoms in total. The summed E-state index contributed by atoms with van der Waals surface area (Å²) in [5, 5.41) is 3.84. The van der Waals surface area contributed by atoms with E-state index in [2.05, 4.69) is 152 Å². The molecule has 0 aliphatic heterocycles. The number of benzene rings is 5. The molecule has 1 unspecified atom stereocenters. The smallest absolute Gasteiger partial charge is 0.0541 e. The van der Waals surface area contributed by atoms with Crippen LogP contribution in [0.2, 0.25) is 0 Å². The van der Waals surface area contributed by atoms with Crippen molar-refractivity contribution in [2.24, 2.45) is 0 Å². The molecule has 7 rings (SSSR count). The van der Waals surface area contributed by atoms with Gasteiger partial charge in [0.25, 0.3) is 0 Å². The summed E-state index contributed by atoms with van der Waals surface area (Å²) in [6.07, 6.45) is 12.0. The van der Waals surface area contributed by atoms with Crippen molar-refractivity contribution in [3.8, 4) is 27.9 Å². The first-order valence-corrected chi connectivity index (χ1v) is 14.5. The van der Waals surface area contributed by atoms with Crippen molar-refractivity contribution in [1.82, 2.24) is 4.57 Å². The van der Waals surface area contributed by atoms with E-state index in [0.29, 0.717) is 5.92 Å². The van der Waals surface area contributed by atoms with Crippen LogP contribution >= 0.6 is 0 Å². The summed E-state index contributed by atoms with van der Waals surface area (Å²) < 4.78 is 2.35. The van der Waals surface area contributed by atoms with Gasteiger partial charge in [-0.3, -0.25) is 0 Å². The van der Waals surface area contributed by atoms with Crippen LogP contribution in [-0.4, -0.2) is 4.57 Å². The second-order valence-electron chi connectivity index (χ2n) is 10.9. The van der Waals surface area contributed by atoms with Gasteiger partial charge < -0.3 is 4.57 Å². The Kier molecular flexibility index (Phi) is 6.29. The van der Waals surface area contributed by atoms with E-state index in [1.807, 2.05) is 6.08 Å². The molecule has 41 heavy (non-hydrogen) atoms. The highest BCUT2D eigenvalue weighted by Crippen LogP contribution is 2.47. The molecule has 6 aromatic rings. The molecule has 0 saturated carbocycles. The third-order valence-electron chi connectivity index (χ3n) is 8.52. The van der Waals surface area contributed by atoms with Crippen molar-refractivity contribution in [3.63, 3.8) is 0 Å². The minimum atomic E-state index is 0.444. The molecule has 0 fully saturated rings. The molecular formula is C40H33N.